The van der Waals surface area contributed by atoms with Gasteiger partial charge < -0.3 is 20.1 Å². The van der Waals surface area contributed by atoms with Gasteiger partial charge in [0.25, 0.3) is 5.91 Å². The fraction of sp³-hybridized carbons (Fsp3) is 0.200. The number of carbonyl (C=O) groups is 1. The highest BCUT2D eigenvalue weighted by atomic mass is 35.5. The number of tetrazole rings is 1. The van der Waals surface area contributed by atoms with Crippen molar-refractivity contribution >= 4 is 29.1 Å². The third kappa shape index (κ3) is 3.66. The number of nitrogens with one attached hydrogen (secondary N) is 2. The maximum Gasteiger partial charge on any atom is 0.255 e. The second kappa shape index (κ2) is 8.23. The largest absolute Gasteiger partial charge is 0.495 e. The predicted molar refractivity (Wildman–Crippen MR) is 112 cm³/mol. The van der Waals surface area contributed by atoms with Gasteiger partial charge in [-0.05, 0) is 23.4 Å². The summed E-state index contributed by atoms with van der Waals surface area (Å²) < 4.78 is 26.6. The normalized spacial score (nSPS) is 15.2. The zero-order valence-electron chi connectivity index (χ0n) is 16.8. The summed E-state index contributed by atoms with van der Waals surface area (Å²) in [6, 6.07) is 8.36. The summed E-state index contributed by atoms with van der Waals surface area (Å²) in [6.45, 7) is 1.70. The van der Waals surface area contributed by atoms with Crippen LogP contribution in [0.25, 0.3) is 0 Å². The Balaban J connectivity index is 1.79. The van der Waals surface area contributed by atoms with Gasteiger partial charge in [-0.1, -0.05) is 34.9 Å². The Morgan fingerprint density at radius 3 is 2.68 bits per heavy atom. The molecule has 1 atom stereocenters. The molecule has 11 heteroatoms. The van der Waals surface area contributed by atoms with Gasteiger partial charge >= 0.3 is 0 Å². The fourth-order valence-corrected chi connectivity index (χ4v) is 3.67. The first-order valence-corrected chi connectivity index (χ1v) is 9.55. The van der Waals surface area contributed by atoms with Gasteiger partial charge in [-0.15, -0.1) is 0 Å². The first-order valence-electron chi connectivity index (χ1n) is 9.17. The van der Waals surface area contributed by atoms with Gasteiger partial charge in [0.2, 0.25) is 5.95 Å². The first kappa shape index (κ1) is 20.6. The topological polar surface area (TPSA) is 103 Å². The van der Waals surface area contributed by atoms with Crippen LogP contribution in [0.4, 0.5) is 16.0 Å². The van der Waals surface area contributed by atoms with Crippen molar-refractivity contribution in [3.63, 3.8) is 0 Å². The number of allylic oxidation sites excluding steroid dienone is 1. The lowest BCUT2D eigenvalue weighted by atomic mass is 9.94. The number of halogens is 2. The van der Waals surface area contributed by atoms with Crippen LogP contribution in [0, 0.1) is 5.82 Å². The standard InChI is InChI=1S/C20H18ClFN6O3/c1-10-17(19(29)24-14-9-15(30-2)12(21)8-16(14)31-3)18(11-6-4-5-7-13(11)22)28-20(23-10)25-26-27-28/h4-9,18H,1-3H3,(H,24,29)(H,23,25,27). The molecule has 2 heterocycles. The lowest BCUT2D eigenvalue weighted by molar-refractivity contribution is -0.113. The third-order valence-corrected chi connectivity index (χ3v) is 5.18. The maximum absolute atomic E-state index is 14.7. The molecule has 1 aliphatic heterocycles. The average molecular weight is 445 g/mol. The van der Waals surface area contributed by atoms with E-state index >= 15 is 0 Å². The molecular formula is C20H18ClFN6O3. The number of amides is 1. The Labute approximate surface area is 181 Å². The van der Waals surface area contributed by atoms with Crippen molar-refractivity contribution in [1.29, 1.82) is 0 Å². The van der Waals surface area contributed by atoms with Crippen LogP contribution in [-0.4, -0.2) is 40.3 Å². The van der Waals surface area contributed by atoms with Crippen molar-refractivity contribution in [1.82, 2.24) is 20.2 Å². The Bertz CT molecular complexity index is 1200. The lowest BCUT2D eigenvalue weighted by Crippen LogP contribution is -2.32. The van der Waals surface area contributed by atoms with Crippen molar-refractivity contribution in [3.8, 4) is 11.5 Å². The summed E-state index contributed by atoms with van der Waals surface area (Å²) in [7, 11) is 2.92. The Hall–Kier alpha value is -3.66. The summed E-state index contributed by atoms with van der Waals surface area (Å²) in [4.78, 5) is 13.4. The second-order valence-corrected chi connectivity index (χ2v) is 7.08. The molecule has 2 aromatic carbocycles. The maximum atomic E-state index is 14.7. The highest BCUT2D eigenvalue weighted by molar-refractivity contribution is 6.32. The lowest BCUT2D eigenvalue weighted by Gasteiger charge is -2.28. The van der Waals surface area contributed by atoms with Crippen LogP contribution < -0.4 is 20.1 Å². The number of rotatable bonds is 5. The highest BCUT2D eigenvalue weighted by Crippen LogP contribution is 2.39. The Morgan fingerprint density at radius 2 is 1.97 bits per heavy atom. The summed E-state index contributed by atoms with van der Waals surface area (Å²) in [5.41, 5.74) is 1.31. The molecule has 1 aromatic heterocycles. The quantitative estimate of drug-likeness (QED) is 0.621. The summed E-state index contributed by atoms with van der Waals surface area (Å²) in [5.74, 6) is 0.0141. The van der Waals surface area contributed by atoms with Crippen LogP contribution in [0.3, 0.4) is 0 Å². The van der Waals surface area contributed by atoms with E-state index in [1.54, 1.807) is 31.2 Å². The molecular weight excluding hydrogens is 427 g/mol. The number of hydrogen-bond acceptors (Lipinski definition) is 7. The minimum absolute atomic E-state index is 0.237. The highest BCUT2D eigenvalue weighted by Gasteiger charge is 2.35. The number of carbonyl (C=O) groups excluding carboxylic acids is 1. The van der Waals surface area contributed by atoms with Gasteiger partial charge in [0.1, 0.15) is 23.4 Å². The van der Waals surface area contributed by atoms with E-state index in [1.165, 1.54) is 31.0 Å². The van der Waals surface area contributed by atoms with Crippen LogP contribution in [-0.2, 0) is 4.79 Å². The van der Waals surface area contributed by atoms with E-state index in [0.29, 0.717) is 33.9 Å². The van der Waals surface area contributed by atoms with Crippen LogP contribution in [0.2, 0.25) is 5.02 Å². The van der Waals surface area contributed by atoms with E-state index in [0.717, 1.165) is 0 Å². The van der Waals surface area contributed by atoms with E-state index in [9.17, 15) is 9.18 Å². The van der Waals surface area contributed by atoms with Crippen LogP contribution >= 0.6 is 11.6 Å². The predicted octanol–water partition coefficient (Wildman–Crippen LogP) is 3.41. The molecule has 2 N–H and O–H groups in total. The molecule has 31 heavy (non-hydrogen) atoms. The number of hydrogen-bond donors (Lipinski definition) is 2. The molecule has 160 valence electrons. The zero-order valence-corrected chi connectivity index (χ0v) is 17.6. The Morgan fingerprint density at radius 1 is 1.23 bits per heavy atom. The number of methoxy groups -OCH3 is 2. The minimum atomic E-state index is -0.882. The van der Waals surface area contributed by atoms with E-state index in [1.807, 2.05) is 0 Å². The van der Waals surface area contributed by atoms with E-state index in [2.05, 4.69) is 26.2 Å². The van der Waals surface area contributed by atoms with Crippen LogP contribution in [0.5, 0.6) is 11.5 Å². The molecule has 0 saturated carbocycles. The van der Waals surface area contributed by atoms with E-state index in [-0.39, 0.29) is 11.1 Å². The minimum Gasteiger partial charge on any atom is -0.495 e. The molecule has 0 aliphatic carbocycles. The third-order valence-electron chi connectivity index (χ3n) is 4.88. The SMILES string of the molecule is COc1cc(NC(=O)C2=C(C)Nc3nnnn3C2c2ccccc2F)c(OC)cc1Cl. The molecule has 9 nitrogen and oxygen atoms in total. The first-order chi connectivity index (χ1) is 14.9. The van der Waals surface area contributed by atoms with Crippen LogP contribution in [0.15, 0.2) is 47.7 Å². The fourth-order valence-electron chi connectivity index (χ4n) is 3.44. The van der Waals surface area contributed by atoms with Gasteiger partial charge in [0, 0.05) is 23.4 Å². The van der Waals surface area contributed by atoms with Gasteiger partial charge in [0.05, 0.1) is 30.5 Å². The summed E-state index contributed by atoms with van der Waals surface area (Å²) in [6.07, 6.45) is 0. The molecule has 0 bridgehead atoms. The van der Waals surface area contributed by atoms with Gasteiger partial charge in [-0.2, -0.15) is 4.68 Å². The number of anilines is 2. The van der Waals surface area contributed by atoms with E-state index < -0.39 is 17.8 Å². The molecule has 1 unspecified atom stereocenters. The second-order valence-electron chi connectivity index (χ2n) is 6.68. The van der Waals surface area contributed by atoms with Gasteiger partial charge in [-0.25, -0.2) is 4.39 Å². The average Bonchev–Trinajstić information content (AvgIpc) is 3.22. The molecule has 1 aliphatic rings. The van der Waals surface area contributed by atoms with Crippen molar-refractivity contribution in [2.75, 3.05) is 24.9 Å². The molecule has 0 saturated heterocycles. The number of aromatic nitrogens is 4. The smallest absolute Gasteiger partial charge is 0.255 e. The zero-order chi connectivity index (χ0) is 22.1. The van der Waals surface area contributed by atoms with Gasteiger partial charge in [-0.3, -0.25) is 4.79 Å². The Kier molecular flexibility index (Phi) is 5.47. The number of benzene rings is 2. The molecule has 4 rings (SSSR count). The number of nitrogens with zero attached hydrogens (tertiary/aromatic N) is 4. The molecule has 3 aromatic rings. The molecule has 1 amide bonds. The van der Waals surface area contributed by atoms with Crippen molar-refractivity contribution in [2.24, 2.45) is 0 Å². The summed E-state index contributed by atoms with van der Waals surface area (Å²) in [5, 5.41) is 17.6. The number of ether oxygens (including phenoxy) is 2. The molecule has 0 fully saturated rings. The monoisotopic (exact) mass is 444 g/mol. The van der Waals surface area contributed by atoms with Gasteiger partial charge in [0.15, 0.2) is 0 Å². The van der Waals surface area contributed by atoms with E-state index in [4.69, 9.17) is 21.1 Å². The molecule has 0 spiro atoms. The molecule has 0 radical (unpaired) electrons. The van der Waals surface area contributed by atoms with Crippen molar-refractivity contribution in [2.45, 2.75) is 13.0 Å². The number of fused-ring (bicyclic) bond motifs is 1. The van der Waals surface area contributed by atoms with Crippen molar-refractivity contribution < 1.29 is 18.7 Å². The summed E-state index contributed by atoms with van der Waals surface area (Å²) >= 11 is 6.15. The van der Waals surface area contributed by atoms with Crippen molar-refractivity contribution in [3.05, 3.63) is 64.1 Å². The van der Waals surface area contributed by atoms with Crippen LogP contribution in [0.1, 0.15) is 18.5 Å².